The van der Waals surface area contributed by atoms with Gasteiger partial charge >= 0.3 is 0 Å². The summed E-state index contributed by atoms with van der Waals surface area (Å²) in [6.07, 6.45) is 4.66. The number of aromatic nitrogens is 1. The number of rotatable bonds is 2. The predicted molar refractivity (Wildman–Crippen MR) is 83.6 cm³/mol. The summed E-state index contributed by atoms with van der Waals surface area (Å²) in [6.45, 7) is 11.3. The maximum atomic E-state index is 6.71. The van der Waals surface area contributed by atoms with Gasteiger partial charge in [0.05, 0.1) is 10.7 Å². The average Bonchev–Trinajstić information content (AvgIpc) is 2.71. The molecule has 0 aromatic carbocycles. The van der Waals surface area contributed by atoms with Crippen LogP contribution in [0.4, 0.5) is 0 Å². The molecular formula is C16H28N2S. The van der Waals surface area contributed by atoms with Gasteiger partial charge in [0.1, 0.15) is 0 Å². The van der Waals surface area contributed by atoms with Crippen LogP contribution >= 0.6 is 11.3 Å². The molecule has 19 heavy (non-hydrogen) atoms. The Morgan fingerprint density at radius 1 is 1.37 bits per heavy atom. The molecule has 3 heteroatoms. The number of nitrogens with zero attached hydrogens (tertiary/aromatic N) is 1. The van der Waals surface area contributed by atoms with Crippen LogP contribution in [0.15, 0.2) is 5.38 Å². The number of nitrogens with two attached hydrogens (primary N) is 1. The van der Waals surface area contributed by atoms with E-state index in [1.165, 1.54) is 23.5 Å². The fraction of sp³-hybridized carbons (Fsp3) is 0.812. The van der Waals surface area contributed by atoms with Gasteiger partial charge in [0, 0.05) is 22.8 Å². The summed E-state index contributed by atoms with van der Waals surface area (Å²) in [7, 11) is 0. The second kappa shape index (κ2) is 5.17. The largest absolute Gasteiger partial charge is 0.324 e. The van der Waals surface area contributed by atoms with Crippen LogP contribution in [0.25, 0.3) is 0 Å². The fourth-order valence-corrected chi connectivity index (χ4v) is 4.20. The predicted octanol–water partition coefficient (Wildman–Crippen LogP) is 4.14. The van der Waals surface area contributed by atoms with Gasteiger partial charge in [-0.05, 0) is 24.7 Å². The van der Waals surface area contributed by atoms with E-state index >= 15 is 0 Å². The monoisotopic (exact) mass is 280 g/mol. The van der Waals surface area contributed by atoms with Crippen molar-refractivity contribution >= 4 is 11.3 Å². The van der Waals surface area contributed by atoms with Crippen LogP contribution < -0.4 is 5.73 Å². The summed E-state index contributed by atoms with van der Waals surface area (Å²) in [5.41, 5.74) is 8.00. The second-order valence-corrected chi connectivity index (χ2v) is 8.52. The average molecular weight is 280 g/mol. The van der Waals surface area contributed by atoms with Gasteiger partial charge in [-0.1, -0.05) is 41.0 Å². The lowest BCUT2D eigenvalue weighted by molar-refractivity contribution is 0.161. The summed E-state index contributed by atoms with van der Waals surface area (Å²) in [5.74, 6) is 1.36. The first kappa shape index (κ1) is 15.0. The number of thiazole rings is 1. The first-order chi connectivity index (χ1) is 8.71. The highest BCUT2D eigenvalue weighted by molar-refractivity contribution is 7.09. The molecule has 2 rings (SSSR count). The summed E-state index contributed by atoms with van der Waals surface area (Å²) >= 11 is 1.78. The van der Waals surface area contributed by atoms with Gasteiger partial charge in [0.25, 0.3) is 0 Å². The lowest BCUT2D eigenvalue weighted by atomic mass is 9.69. The Kier molecular flexibility index (Phi) is 4.08. The van der Waals surface area contributed by atoms with Crippen LogP contribution in [0, 0.1) is 11.8 Å². The van der Waals surface area contributed by atoms with Gasteiger partial charge < -0.3 is 5.73 Å². The van der Waals surface area contributed by atoms with Crippen LogP contribution in [-0.4, -0.2) is 10.5 Å². The van der Waals surface area contributed by atoms with Crippen molar-refractivity contribution in [1.29, 1.82) is 0 Å². The maximum Gasteiger partial charge on any atom is 0.0946 e. The zero-order valence-corrected chi connectivity index (χ0v) is 13.8. The lowest BCUT2D eigenvalue weighted by Gasteiger charge is -2.42. The zero-order valence-electron chi connectivity index (χ0n) is 13.0. The van der Waals surface area contributed by atoms with E-state index in [1.54, 1.807) is 11.3 Å². The minimum absolute atomic E-state index is 0.0509. The molecule has 0 bridgehead atoms. The normalized spacial score (nSPS) is 32.5. The standard InChI is InChI=1S/C16H28N2S/c1-11-6-7-12(2)16(17,8-11)9-14-18-13(10-19-14)15(3,4)5/h10-12H,6-9,17H2,1-5H3. The Labute approximate surface area is 121 Å². The molecule has 2 N–H and O–H groups in total. The molecule has 0 aliphatic heterocycles. The molecule has 1 saturated carbocycles. The van der Waals surface area contributed by atoms with E-state index in [0.29, 0.717) is 5.92 Å². The molecule has 3 unspecified atom stereocenters. The lowest BCUT2D eigenvalue weighted by Crippen LogP contribution is -2.51. The molecule has 0 saturated heterocycles. The molecule has 1 aliphatic carbocycles. The van der Waals surface area contributed by atoms with Crippen molar-refractivity contribution in [3.05, 3.63) is 16.1 Å². The van der Waals surface area contributed by atoms with Crippen LogP contribution in [0.1, 0.15) is 64.6 Å². The Hall–Kier alpha value is -0.410. The zero-order chi connectivity index (χ0) is 14.3. The molecule has 1 aliphatic rings. The first-order valence-corrected chi connectivity index (χ1v) is 8.32. The second-order valence-electron chi connectivity index (χ2n) is 7.57. The number of hydrogen-bond acceptors (Lipinski definition) is 3. The van der Waals surface area contributed by atoms with E-state index < -0.39 is 0 Å². The van der Waals surface area contributed by atoms with E-state index in [0.717, 1.165) is 18.8 Å². The van der Waals surface area contributed by atoms with E-state index in [1.807, 2.05) is 0 Å². The van der Waals surface area contributed by atoms with E-state index in [2.05, 4.69) is 40.0 Å². The molecule has 1 aromatic rings. The smallest absolute Gasteiger partial charge is 0.0946 e. The Morgan fingerprint density at radius 2 is 2.05 bits per heavy atom. The highest BCUT2D eigenvalue weighted by Crippen LogP contribution is 2.38. The SMILES string of the molecule is CC1CCC(C)C(N)(Cc2nc(C(C)(C)C)cs2)C1. The van der Waals surface area contributed by atoms with Gasteiger partial charge in [-0.15, -0.1) is 11.3 Å². The molecule has 3 atom stereocenters. The van der Waals surface area contributed by atoms with Crippen molar-refractivity contribution in [3.63, 3.8) is 0 Å². The molecule has 0 spiro atoms. The molecule has 1 heterocycles. The summed E-state index contributed by atoms with van der Waals surface area (Å²) in [5, 5.41) is 3.42. The summed E-state index contributed by atoms with van der Waals surface area (Å²) in [6, 6.07) is 0. The fourth-order valence-electron chi connectivity index (χ4n) is 3.04. The number of hydrogen-bond donors (Lipinski definition) is 1. The molecule has 1 fully saturated rings. The highest BCUT2D eigenvalue weighted by atomic mass is 32.1. The Balaban J connectivity index is 2.13. The molecule has 1 aromatic heterocycles. The van der Waals surface area contributed by atoms with Crippen LogP contribution in [-0.2, 0) is 11.8 Å². The van der Waals surface area contributed by atoms with Crippen LogP contribution in [0.5, 0.6) is 0 Å². The van der Waals surface area contributed by atoms with Crippen LogP contribution in [0.2, 0.25) is 0 Å². The van der Waals surface area contributed by atoms with Crippen molar-refractivity contribution in [1.82, 2.24) is 4.98 Å². The quantitative estimate of drug-likeness (QED) is 0.884. The molecular weight excluding hydrogens is 252 g/mol. The molecule has 108 valence electrons. The third-order valence-corrected chi connectivity index (χ3v) is 5.45. The first-order valence-electron chi connectivity index (χ1n) is 7.44. The minimum atomic E-state index is -0.0509. The van der Waals surface area contributed by atoms with Gasteiger partial charge in [-0.2, -0.15) is 0 Å². The Morgan fingerprint density at radius 3 is 2.63 bits per heavy atom. The van der Waals surface area contributed by atoms with Crippen molar-refractivity contribution in [2.24, 2.45) is 17.6 Å². The topological polar surface area (TPSA) is 38.9 Å². The van der Waals surface area contributed by atoms with E-state index in [-0.39, 0.29) is 11.0 Å². The van der Waals surface area contributed by atoms with Gasteiger partial charge in [-0.25, -0.2) is 4.98 Å². The van der Waals surface area contributed by atoms with Crippen LogP contribution in [0.3, 0.4) is 0 Å². The third-order valence-electron chi connectivity index (χ3n) is 4.60. The van der Waals surface area contributed by atoms with Gasteiger partial charge in [0.2, 0.25) is 0 Å². The minimum Gasteiger partial charge on any atom is -0.324 e. The van der Waals surface area contributed by atoms with Crippen molar-refractivity contribution < 1.29 is 0 Å². The van der Waals surface area contributed by atoms with E-state index in [4.69, 9.17) is 10.7 Å². The van der Waals surface area contributed by atoms with Crippen molar-refractivity contribution in [2.75, 3.05) is 0 Å². The van der Waals surface area contributed by atoms with Gasteiger partial charge in [0.15, 0.2) is 0 Å². The van der Waals surface area contributed by atoms with Crippen molar-refractivity contribution in [3.8, 4) is 0 Å². The van der Waals surface area contributed by atoms with E-state index in [9.17, 15) is 0 Å². The highest BCUT2D eigenvalue weighted by Gasteiger charge is 2.38. The molecule has 0 radical (unpaired) electrons. The summed E-state index contributed by atoms with van der Waals surface area (Å²) in [4.78, 5) is 4.82. The molecule has 0 amide bonds. The third kappa shape index (κ3) is 3.38. The molecule has 2 nitrogen and oxygen atoms in total. The maximum absolute atomic E-state index is 6.71. The van der Waals surface area contributed by atoms with Crippen molar-refractivity contribution in [2.45, 2.75) is 71.3 Å². The Bertz CT molecular complexity index is 432. The van der Waals surface area contributed by atoms with Gasteiger partial charge in [-0.3, -0.25) is 0 Å². The summed E-state index contributed by atoms with van der Waals surface area (Å²) < 4.78 is 0.